The van der Waals surface area contributed by atoms with Crippen molar-refractivity contribution in [2.45, 2.75) is 43.2 Å². The highest BCUT2D eigenvalue weighted by Gasteiger charge is 2.48. The Labute approximate surface area is 237 Å². The zero-order valence-corrected chi connectivity index (χ0v) is 22.7. The Morgan fingerprint density at radius 1 is 1.05 bits per heavy atom. The number of methoxy groups -OCH3 is 1. The van der Waals surface area contributed by atoms with Crippen LogP contribution in [0.15, 0.2) is 51.7 Å². The van der Waals surface area contributed by atoms with E-state index in [1.807, 2.05) is 0 Å². The average Bonchev–Trinajstić information content (AvgIpc) is 2.97. The van der Waals surface area contributed by atoms with E-state index in [4.69, 9.17) is 18.6 Å². The minimum Gasteiger partial charge on any atom is -0.504 e. The number of rotatable bonds is 9. The molecule has 6 N–H and O–H groups in total. The van der Waals surface area contributed by atoms with Gasteiger partial charge in [-0.3, -0.25) is 9.59 Å². The summed E-state index contributed by atoms with van der Waals surface area (Å²) in [5, 5.41) is 54.6. The Hall–Kier alpha value is -3.82. The predicted molar refractivity (Wildman–Crippen MR) is 146 cm³/mol. The third-order valence-corrected chi connectivity index (χ3v) is 7.12. The Balaban J connectivity index is 1.63. The lowest BCUT2D eigenvalue weighted by Gasteiger charge is -2.39. The smallest absolute Gasteiger partial charge is 0.328 e. The summed E-state index contributed by atoms with van der Waals surface area (Å²) < 4.78 is 21.5. The standard InChI is InChI=1S/C27H29NO12S/c1-37-26(36)13(8-9-41-2)28-25(35)24-22(33)21(32)23(34)27(40-24)39-17-11-16-18(20(31)19(17)30)14(29)10-15(38-16)12-6-4-3-5-7-12/h3-7,10-11,13,21-24,27,30-34H,8-9H2,1-2H3,(H,28,35)/t13-,21-,22+,23-,24-,27+/m0/s1. The molecule has 0 aliphatic carbocycles. The Bertz CT molecular complexity index is 1460. The van der Waals surface area contributed by atoms with E-state index in [1.54, 1.807) is 36.6 Å². The van der Waals surface area contributed by atoms with Gasteiger partial charge in [0.15, 0.2) is 23.0 Å². The molecule has 1 saturated heterocycles. The van der Waals surface area contributed by atoms with E-state index in [0.717, 1.165) is 19.2 Å². The van der Waals surface area contributed by atoms with E-state index in [-0.39, 0.29) is 23.2 Å². The number of nitrogens with one attached hydrogen (secondary N) is 1. The maximum atomic E-state index is 13.0. The number of aliphatic hydroxyl groups is 3. The largest absolute Gasteiger partial charge is 0.504 e. The molecule has 0 spiro atoms. The second-order valence-electron chi connectivity index (χ2n) is 9.17. The highest BCUT2D eigenvalue weighted by molar-refractivity contribution is 7.98. The molecule has 1 aromatic heterocycles. The van der Waals surface area contributed by atoms with Gasteiger partial charge in [-0.1, -0.05) is 30.3 Å². The molecular weight excluding hydrogens is 562 g/mol. The second kappa shape index (κ2) is 12.8. The molecule has 1 fully saturated rings. The van der Waals surface area contributed by atoms with Gasteiger partial charge in [-0.15, -0.1) is 0 Å². The van der Waals surface area contributed by atoms with Gasteiger partial charge < -0.3 is 49.5 Å². The highest BCUT2D eigenvalue weighted by Crippen LogP contribution is 2.42. The number of phenolic OH excluding ortho intramolecular Hbond substituents is 2. The second-order valence-corrected chi connectivity index (χ2v) is 10.2. The van der Waals surface area contributed by atoms with E-state index < -0.39 is 71.3 Å². The number of ether oxygens (including phenoxy) is 3. The molecule has 220 valence electrons. The van der Waals surface area contributed by atoms with Crippen molar-refractivity contribution >= 4 is 34.6 Å². The minimum absolute atomic E-state index is 0.157. The molecule has 14 heteroatoms. The summed E-state index contributed by atoms with van der Waals surface area (Å²) >= 11 is 1.42. The van der Waals surface area contributed by atoms with Crippen LogP contribution in [0.25, 0.3) is 22.3 Å². The van der Waals surface area contributed by atoms with Crippen molar-refractivity contribution in [3.63, 3.8) is 0 Å². The number of aromatic hydroxyl groups is 2. The zero-order chi connectivity index (χ0) is 29.8. The number of benzene rings is 2. The normalized spacial score (nSPS) is 23.1. The van der Waals surface area contributed by atoms with Crippen LogP contribution in [0.1, 0.15) is 6.42 Å². The van der Waals surface area contributed by atoms with E-state index in [1.165, 1.54) is 11.8 Å². The first-order valence-electron chi connectivity index (χ1n) is 12.4. The number of esters is 1. The van der Waals surface area contributed by atoms with Crippen LogP contribution in [0.2, 0.25) is 0 Å². The molecule has 0 unspecified atom stereocenters. The molecule has 6 atom stereocenters. The van der Waals surface area contributed by atoms with Crippen LogP contribution in [0.4, 0.5) is 0 Å². The maximum absolute atomic E-state index is 13.0. The van der Waals surface area contributed by atoms with Gasteiger partial charge in [0, 0.05) is 17.7 Å². The van der Waals surface area contributed by atoms with Crippen LogP contribution < -0.4 is 15.5 Å². The number of carbonyl (C=O) groups excluding carboxylic acids is 2. The van der Waals surface area contributed by atoms with Crippen molar-refractivity contribution < 1.29 is 53.7 Å². The van der Waals surface area contributed by atoms with Gasteiger partial charge in [0.1, 0.15) is 41.1 Å². The van der Waals surface area contributed by atoms with Crippen molar-refractivity contribution in [2.75, 3.05) is 19.1 Å². The zero-order valence-electron chi connectivity index (χ0n) is 21.9. The molecule has 3 aromatic rings. The quantitative estimate of drug-likeness (QED) is 0.148. The molecule has 4 rings (SSSR count). The first kappa shape index (κ1) is 30.1. The van der Waals surface area contributed by atoms with Gasteiger partial charge in [0.05, 0.1) is 7.11 Å². The summed E-state index contributed by atoms with van der Waals surface area (Å²) in [5.41, 5.74) is -0.284. The predicted octanol–water partition coefficient (Wildman–Crippen LogP) is 0.468. The summed E-state index contributed by atoms with van der Waals surface area (Å²) in [6, 6.07) is 9.74. The van der Waals surface area contributed by atoms with E-state index >= 15 is 0 Å². The van der Waals surface area contributed by atoms with Crippen molar-refractivity contribution in [1.29, 1.82) is 0 Å². The van der Waals surface area contributed by atoms with Crippen LogP contribution in [0.3, 0.4) is 0 Å². The van der Waals surface area contributed by atoms with Gasteiger partial charge >= 0.3 is 5.97 Å². The van der Waals surface area contributed by atoms with Gasteiger partial charge in [0.25, 0.3) is 5.91 Å². The summed E-state index contributed by atoms with van der Waals surface area (Å²) in [6.07, 6.45) is -7.48. The minimum atomic E-state index is -1.95. The van der Waals surface area contributed by atoms with Crippen LogP contribution in [-0.2, 0) is 19.1 Å². The topological polar surface area (TPSA) is 205 Å². The fourth-order valence-electron chi connectivity index (χ4n) is 4.27. The van der Waals surface area contributed by atoms with E-state index in [0.29, 0.717) is 11.3 Å². The van der Waals surface area contributed by atoms with E-state index in [9.17, 15) is 39.9 Å². The van der Waals surface area contributed by atoms with Gasteiger partial charge in [-0.2, -0.15) is 11.8 Å². The van der Waals surface area contributed by atoms with Gasteiger partial charge in [0.2, 0.25) is 12.0 Å². The molecule has 2 aromatic carbocycles. The number of phenols is 2. The van der Waals surface area contributed by atoms with Crippen LogP contribution in [0.5, 0.6) is 17.2 Å². The molecule has 1 aliphatic rings. The number of amides is 1. The summed E-state index contributed by atoms with van der Waals surface area (Å²) in [4.78, 5) is 37.8. The maximum Gasteiger partial charge on any atom is 0.328 e. The van der Waals surface area contributed by atoms with Gasteiger partial charge in [-0.25, -0.2) is 4.79 Å². The Morgan fingerprint density at radius 2 is 1.76 bits per heavy atom. The fraction of sp³-hybridized carbons (Fsp3) is 0.370. The molecular formula is C27H29NO12S. The van der Waals surface area contributed by atoms with Crippen LogP contribution in [-0.4, -0.2) is 93.3 Å². The fourth-order valence-corrected chi connectivity index (χ4v) is 4.74. The lowest BCUT2D eigenvalue weighted by Crippen LogP contribution is -2.63. The number of thioether (sulfide) groups is 1. The first-order valence-corrected chi connectivity index (χ1v) is 13.8. The SMILES string of the molecule is COC(=O)[C@H](CCSC)NC(=O)[C@H]1O[C@@H](Oc2cc3oc(-c4ccccc4)cc(=O)c3c(O)c2O)[C@@H](O)[C@@H](O)[C@H]1O. The highest BCUT2D eigenvalue weighted by atomic mass is 32.2. The molecule has 13 nitrogen and oxygen atoms in total. The molecule has 41 heavy (non-hydrogen) atoms. The summed E-state index contributed by atoms with van der Waals surface area (Å²) in [6.45, 7) is 0. The monoisotopic (exact) mass is 591 g/mol. The lowest BCUT2D eigenvalue weighted by molar-refractivity contribution is -0.267. The van der Waals surface area contributed by atoms with Crippen molar-refractivity contribution in [1.82, 2.24) is 5.32 Å². The molecule has 0 bridgehead atoms. The van der Waals surface area contributed by atoms with Crippen molar-refractivity contribution in [3.8, 4) is 28.6 Å². The lowest BCUT2D eigenvalue weighted by atomic mass is 9.98. The number of hydrogen-bond acceptors (Lipinski definition) is 13. The average molecular weight is 592 g/mol. The number of aliphatic hydroxyl groups excluding tert-OH is 3. The Morgan fingerprint density at radius 3 is 2.41 bits per heavy atom. The number of carbonyl (C=O) groups is 2. The van der Waals surface area contributed by atoms with Crippen molar-refractivity contribution in [2.24, 2.45) is 0 Å². The third-order valence-electron chi connectivity index (χ3n) is 6.47. The number of fused-ring (bicyclic) bond motifs is 1. The molecule has 1 aliphatic heterocycles. The molecule has 0 radical (unpaired) electrons. The van der Waals surface area contributed by atoms with Crippen LogP contribution >= 0.6 is 11.8 Å². The summed E-state index contributed by atoms with van der Waals surface area (Å²) in [7, 11) is 1.15. The number of hydrogen-bond donors (Lipinski definition) is 6. The van der Waals surface area contributed by atoms with Crippen LogP contribution in [0, 0.1) is 0 Å². The van der Waals surface area contributed by atoms with Crippen molar-refractivity contribution in [3.05, 3.63) is 52.7 Å². The van der Waals surface area contributed by atoms with Gasteiger partial charge in [-0.05, 0) is 18.4 Å². The van der Waals surface area contributed by atoms with E-state index in [2.05, 4.69) is 5.32 Å². The third kappa shape index (κ3) is 6.26. The molecule has 0 saturated carbocycles. The molecule has 1 amide bonds. The summed E-state index contributed by atoms with van der Waals surface area (Å²) in [5.74, 6) is -3.39. The first-order chi connectivity index (χ1) is 19.6. The Kier molecular flexibility index (Phi) is 9.40. The molecule has 2 heterocycles.